The van der Waals surface area contributed by atoms with Gasteiger partial charge in [0.25, 0.3) is 0 Å². The minimum absolute atomic E-state index is 0.00861. The normalized spacial score (nSPS) is 28.5. The Kier molecular flexibility index (Phi) is 26.4. The molecule has 4 saturated heterocycles. The monoisotopic (exact) mass is 1150 g/mol. The number of fused-ring (bicyclic) bond motifs is 3. The third-order valence-electron chi connectivity index (χ3n) is 15.2. The number of aliphatic hydroxyl groups excluding tert-OH is 5. The maximum absolute atomic E-state index is 14.5. The molecule has 0 radical (unpaired) electrons. The summed E-state index contributed by atoms with van der Waals surface area (Å²) in [6.07, 6.45) is -4.36. The number of guanidine groups is 1. The van der Waals surface area contributed by atoms with Crippen molar-refractivity contribution in [2.75, 3.05) is 32.8 Å². The number of esters is 1. The van der Waals surface area contributed by atoms with Gasteiger partial charge in [0.1, 0.15) is 48.4 Å². The summed E-state index contributed by atoms with van der Waals surface area (Å²) in [6.45, 7) is 3.60. The molecule has 0 aromatic rings. The predicted octanol–water partition coefficient (Wildman–Crippen LogP) is -4.85. The third-order valence-corrected chi connectivity index (χ3v) is 15.2. The number of rotatable bonds is 20. The van der Waals surface area contributed by atoms with Gasteiger partial charge >= 0.3 is 17.9 Å². The Morgan fingerprint density at radius 2 is 1.22 bits per heavy atom. The number of carbonyl (C=O) groups excluding carboxylic acids is 9. The minimum atomic E-state index is -2.76. The van der Waals surface area contributed by atoms with E-state index in [4.69, 9.17) is 16.2 Å². The van der Waals surface area contributed by atoms with E-state index in [-0.39, 0.29) is 77.0 Å². The summed E-state index contributed by atoms with van der Waals surface area (Å²) in [5.74, 6) is -14.5. The van der Waals surface area contributed by atoms with Crippen LogP contribution >= 0.6 is 0 Å². The van der Waals surface area contributed by atoms with Gasteiger partial charge in [-0.05, 0) is 70.6 Å². The van der Waals surface area contributed by atoms with E-state index >= 15 is 0 Å². The van der Waals surface area contributed by atoms with Crippen LogP contribution in [-0.4, -0.2) is 233 Å². The van der Waals surface area contributed by atoms with Gasteiger partial charge in [0.15, 0.2) is 24.2 Å². The fourth-order valence-corrected chi connectivity index (χ4v) is 10.4. The van der Waals surface area contributed by atoms with Gasteiger partial charge < -0.3 is 93.2 Å². The molecule has 81 heavy (non-hydrogen) atoms. The first kappa shape index (κ1) is 66.7. The van der Waals surface area contributed by atoms with Crippen molar-refractivity contribution < 1.29 is 93.2 Å². The standard InChI is InChI=1S/C51H83N11O19/c1-4-26(2)14-9-7-5-6-8-10-15-28-24-34(66)57-35(27(3)64)47(75)61-22-13-18-32(61)46(74)60-21-12-17-31(60)42(70)55-29(16-11-20-54-51(52)53)41(69)58-36(39(67)48(76)77)43(71)56-30(25-63)45(73)62-23-19-33(65)38(62)44(72)59-37(50(80)81-28)40(68)49(78)79/h26-33,35-40,63-65,67-68H,4-25H2,1-3H3,(H,55,70)(H,56,71)(H,57,66)(H,58,69)(H,59,72)(H,76,77)(H,78,79)(H4,52,53,54). The minimum Gasteiger partial charge on any atom is -0.479 e. The van der Waals surface area contributed by atoms with Gasteiger partial charge in [-0.15, -0.1) is 0 Å². The molecule has 16 N–H and O–H groups in total. The molecule has 4 rings (SSSR count). The van der Waals surface area contributed by atoms with Crippen molar-refractivity contribution in [2.45, 2.75) is 209 Å². The fourth-order valence-electron chi connectivity index (χ4n) is 10.4. The number of carbonyl (C=O) groups is 11. The second-order valence-electron chi connectivity index (χ2n) is 21.3. The van der Waals surface area contributed by atoms with Crippen LogP contribution in [0.15, 0.2) is 4.99 Å². The molecule has 14 atom stereocenters. The zero-order chi connectivity index (χ0) is 60.2. The van der Waals surface area contributed by atoms with Crippen LogP contribution in [0.2, 0.25) is 0 Å². The van der Waals surface area contributed by atoms with Crippen molar-refractivity contribution in [3.8, 4) is 0 Å². The number of aliphatic hydroxyl groups is 5. The van der Waals surface area contributed by atoms with Gasteiger partial charge in [-0.3, -0.25) is 43.3 Å². The highest BCUT2D eigenvalue weighted by Crippen LogP contribution is 2.27. The average Bonchev–Trinajstić information content (AvgIpc) is 4.23. The molecule has 30 heteroatoms. The zero-order valence-electron chi connectivity index (χ0n) is 46.1. The van der Waals surface area contributed by atoms with E-state index in [2.05, 4.69) is 34.8 Å². The van der Waals surface area contributed by atoms with Crippen molar-refractivity contribution in [1.29, 1.82) is 0 Å². The van der Waals surface area contributed by atoms with Crippen LogP contribution in [0, 0.1) is 5.92 Å². The number of cyclic esters (lactones) is 1. The molecule has 0 spiro atoms. The maximum Gasteiger partial charge on any atom is 0.335 e. The fraction of sp³-hybridized carbons (Fsp3) is 0.765. The molecule has 0 aromatic carbocycles. The number of aliphatic imine (C=N–C) groups is 1. The largest absolute Gasteiger partial charge is 0.479 e. The van der Waals surface area contributed by atoms with Crippen molar-refractivity contribution in [2.24, 2.45) is 22.4 Å². The first-order valence-electron chi connectivity index (χ1n) is 27.8. The number of nitrogens with one attached hydrogen (secondary N) is 5. The SMILES string of the molecule is CCC(C)CCCCCCCCC1CC(=O)NC(C(C)O)C(=O)N2CCCC2C(=O)N2CCCC2C(=O)NC(CCCN=C(N)N)C(=O)NC(C(O)C(=O)O)C(=O)NC(CO)C(=O)N2CCC(O)C2C(=O)NC(C(O)C(=O)O)C(=O)O1. The molecule has 0 saturated carbocycles. The van der Waals surface area contributed by atoms with Gasteiger partial charge in [0.05, 0.1) is 25.2 Å². The molecule has 0 bridgehead atoms. The number of hydrogen-bond donors (Lipinski definition) is 14. The summed E-state index contributed by atoms with van der Waals surface area (Å²) >= 11 is 0. The molecule has 0 aromatic heterocycles. The lowest BCUT2D eigenvalue weighted by Crippen LogP contribution is -2.64. The topological polar surface area (TPSA) is 473 Å². The Bertz CT molecular complexity index is 2270. The average molecular weight is 1150 g/mol. The van der Waals surface area contributed by atoms with Gasteiger partial charge in [0, 0.05) is 26.2 Å². The second kappa shape index (κ2) is 32.0. The van der Waals surface area contributed by atoms with E-state index in [9.17, 15) is 88.5 Å². The predicted molar refractivity (Wildman–Crippen MR) is 282 cm³/mol. The number of hydrogen-bond acceptors (Lipinski definition) is 18. The van der Waals surface area contributed by atoms with E-state index in [0.29, 0.717) is 23.7 Å². The number of aliphatic carboxylic acids is 2. The highest BCUT2D eigenvalue weighted by atomic mass is 16.5. The number of carboxylic acid groups (broad SMARTS) is 2. The third kappa shape index (κ3) is 18.9. The smallest absolute Gasteiger partial charge is 0.335 e. The lowest BCUT2D eigenvalue weighted by molar-refractivity contribution is -0.165. The van der Waals surface area contributed by atoms with Crippen LogP contribution in [0.25, 0.3) is 0 Å². The molecule has 8 amide bonds. The van der Waals surface area contributed by atoms with Gasteiger partial charge in [-0.25, -0.2) is 14.4 Å². The zero-order valence-corrected chi connectivity index (χ0v) is 46.1. The molecular weight excluding hydrogens is 1070 g/mol. The van der Waals surface area contributed by atoms with Crippen molar-refractivity contribution >= 4 is 71.1 Å². The number of amides is 8. The van der Waals surface area contributed by atoms with Gasteiger partial charge in [-0.2, -0.15) is 0 Å². The summed E-state index contributed by atoms with van der Waals surface area (Å²) in [6, 6.07) is -14.9. The lowest BCUT2D eigenvalue weighted by Gasteiger charge is -2.34. The lowest BCUT2D eigenvalue weighted by atomic mass is 9.99. The second-order valence-corrected chi connectivity index (χ2v) is 21.3. The van der Waals surface area contributed by atoms with Crippen LogP contribution < -0.4 is 38.1 Å². The molecule has 30 nitrogen and oxygen atoms in total. The maximum atomic E-state index is 14.5. The molecule has 14 unspecified atom stereocenters. The summed E-state index contributed by atoms with van der Waals surface area (Å²) in [4.78, 5) is 158. The highest BCUT2D eigenvalue weighted by Gasteiger charge is 2.48. The van der Waals surface area contributed by atoms with Crippen LogP contribution in [-0.2, 0) is 57.5 Å². The Morgan fingerprint density at radius 3 is 1.83 bits per heavy atom. The number of carboxylic acids is 2. The van der Waals surface area contributed by atoms with Crippen molar-refractivity contribution in [3.05, 3.63) is 0 Å². The quantitative estimate of drug-likeness (QED) is 0.0235. The number of unbranched alkanes of at least 4 members (excludes halogenated alkanes) is 5. The van der Waals surface area contributed by atoms with Crippen LogP contribution in [0.1, 0.15) is 130 Å². The molecule has 4 aliphatic rings. The first-order valence-corrected chi connectivity index (χ1v) is 27.8. The first-order chi connectivity index (χ1) is 38.3. The van der Waals surface area contributed by atoms with E-state index in [0.717, 1.165) is 43.4 Å². The highest BCUT2D eigenvalue weighted by molar-refractivity contribution is 6.00. The molecule has 456 valence electrons. The number of ether oxygens (including phenoxy) is 1. The Labute approximate surface area is 468 Å². The number of nitrogens with zero attached hydrogens (tertiary/aromatic N) is 4. The summed E-state index contributed by atoms with van der Waals surface area (Å²) < 4.78 is 5.66. The van der Waals surface area contributed by atoms with Crippen LogP contribution in [0.4, 0.5) is 0 Å². The van der Waals surface area contributed by atoms with E-state index in [1.807, 2.05) is 10.6 Å². The van der Waals surface area contributed by atoms with Crippen LogP contribution in [0.5, 0.6) is 0 Å². The Balaban J connectivity index is 1.78. The Hall–Kier alpha value is -6.76. The summed E-state index contributed by atoms with van der Waals surface area (Å²) in [5.41, 5.74) is 10.9. The molecule has 4 fully saturated rings. The summed E-state index contributed by atoms with van der Waals surface area (Å²) in [7, 11) is 0. The molecule has 4 aliphatic heterocycles. The molecule has 4 heterocycles. The Morgan fingerprint density at radius 1 is 0.642 bits per heavy atom. The summed E-state index contributed by atoms with van der Waals surface area (Å²) in [5, 5.41) is 84.8. The van der Waals surface area contributed by atoms with Gasteiger partial charge in [-0.1, -0.05) is 58.8 Å². The molecular formula is C51H83N11O19. The number of nitrogens with two attached hydrogens (primary N) is 2. The van der Waals surface area contributed by atoms with Crippen LogP contribution in [0.3, 0.4) is 0 Å². The van der Waals surface area contributed by atoms with Crippen molar-refractivity contribution in [3.63, 3.8) is 0 Å². The molecule has 0 aliphatic carbocycles. The van der Waals surface area contributed by atoms with E-state index in [1.54, 1.807) is 0 Å². The van der Waals surface area contributed by atoms with Crippen molar-refractivity contribution in [1.82, 2.24) is 41.3 Å². The van der Waals surface area contributed by atoms with E-state index in [1.165, 1.54) is 11.8 Å². The van der Waals surface area contributed by atoms with E-state index < -0.39 is 164 Å². The van der Waals surface area contributed by atoms with Gasteiger partial charge in [0.2, 0.25) is 47.3 Å².